The van der Waals surface area contributed by atoms with E-state index >= 15 is 0 Å². The zero-order chi connectivity index (χ0) is 22.1. The summed E-state index contributed by atoms with van der Waals surface area (Å²) in [4.78, 5) is 16.5. The molecule has 3 rings (SSSR count). The molecule has 11 heteroatoms. The fourth-order valence-corrected chi connectivity index (χ4v) is 5.06. The van der Waals surface area contributed by atoms with Gasteiger partial charge < -0.3 is 15.4 Å². The molecule has 1 amide bonds. The third kappa shape index (κ3) is 3.92. The number of carbonyl (C=O) groups is 1. The number of pyridine rings is 1. The topological polar surface area (TPSA) is 120 Å². The van der Waals surface area contributed by atoms with Gasteiger partial charge in [0.15, 0.2) is 0 Å². The molecular formula is C19H23FN6O3S. The van der Waals surface area contributed by atoms with Gasteiger partial charge in [0.2, 0.25) is 5.96 Å². The van der Waals surface area contributed by atoms with E-state index in [4.69, 9.17) is 10.1 Å². The van der Waals surface area contributed by atoms with Crippen molar-refractivity contribution >= 4 is 27.5 Å². The number of benzene rings is 1. The molecule has 1 aromatic heterocycles. The van der Waals surface area contributed by atoms with E-state index < -0.39 is 27.2 Å². The summed E-state index contributed by atoms with van der Waals surface area (Å²) in [6.07, 6.45) is 1.42. The molecule has 2 heterocycles. The highest BCUT2D eigenvalue weighted by molar-refractivity contribution is 7.92. The lowest BCUT2D eigenvalue weighted by molar-refractivity contribution is 0.102. The number of anilines is 1. The Bertz CT molecular complexity index is 1110. The highest BCUT2D eigenvalue weighted by atomic mass is 32.2. The highest BCUT2D eigenvalue weighted by Gasteiger charge is 2.42. The molecule has 1 aromatic carbocycles. The summed E-state index contributed by atoms with van der Waals surface area (Å²) in [6.45, 7) is 1.65. The normalized spacial score (nSPS) is 23.5. The molecular weight excluding hydrogens is 411 g/mol. The van der Waals surface area contributed by atoms with E-state index in [-0.39, 0.29) is 23.0 Å². The van der Waals surface area contributed by atoms with Gasteiger partial charge in [-0.2, -0.15) is 0 Å². The minimum atomic E-state index is -2.92. The van der Waals surface area contributed by atoms with Gasteiger partial charge in [-0.05, 0) is 37.3 Å². The number of nitrogens with zero attached hydrogens (tertiary/aromatic N) is 3. The molecule has 9 nitrogen and oxygen atoms in total. The molecule has 1 saturated heterocycles. The number of rotatable bonds is 4. The molecule has 0 bridgehead atoms. The van der Waals surface area contributed by atoms with Crippen LogP contribution in [-0.4, -0.2) is 52.3 Å². The quantitative estimate of drug-likeness (QED) is 0.681. The van der Waals surface area contributed by atoms with Crippen molar-refractivity contribution in [3.05, 3.63) is 53.6 Å². The van der Waals surface area contributed by atoms with Crippen LogP contribution in [0.5, 0.6) is 5.75 Å². The standard InChI is InChI=1S/C19H23FN6O3S/c1-19(11-30(28,22-2)26(3)18(21)25-19)14-9-12(5-7-15(14)20)24-17(27)16-8-6-13(29-4)10-23-16/h5-10H,11H2,1-4H3,(H2,21,25)(H,24,27)/t19-,30?/m0/s1. The number of hydrogen-bond donors (Lipinski definition) is 3. The maximum atomic E-state index is 14.7. The van der Waals surface area contributed by atoms with E-state index in [1.54, 1.807) is 13.0 Å². The van der Waals surface area contributed by atoms with Gasteiger partial charge in [0, 0.05) is 25.3 Å². The van der Waals surface area contributed by atoms with Crippen LogP contribution in [0, 0.1) is 11.2 Å². The summed E-state index contributed by atoms with van der Waals surface area (Å²) in [6, 6.07) is 7.21. The van der Waals surface area contributed by atoms with E-state index in [2.05, 4.69) is 20.0 Å². The molecule has 0 saturated carbocycles. The van der Waals surface area contributed by atoms with Crippen molar-refractivity contribution in [3.63, 3.8) is 0 Å². The van der Waals surface area contributed by atoms with Crippen LogP contribution in [0.3, 0.4) is 0 Å². The number of guanidine groups is 1. The zero-order valence-electron chi connectivity index (χ0n) is 17.0. The summed E-state index contributed by atoms with van der Waals surface area (Å²) in [5.41, 5.74) is -0.497. The molecule has 160 valence electrons. The van der Waals surface area contributed by atoms with Crippen LogP contribution >= 0.6 is 0 Å². The molecule has 3 N–H and O–H groups in total. The van der Waals surface area contributed by atoms with Crippen LogP contribution in [0.15, 0.2) is 40.9 Å². The second-order valence-corrected chi connectivity index (χ2v) is 9.38. The zero-order valence-corrected chi connectivity index (χ0v) is 17.8. The lowest BCUT2D eigenvalue weighted by Crippen LogP contribution is -2.61. The van der Waals surface area contributed by atoms with Gasteiger partial charge in [-0.3, -0.25) is 14.5 Å². The van der Waals surface area contributed by atoms with Gasteiger partial charge in [-0.25, -0.2) is 17.9 Å². The highest BCUT2D eigenvalue weighted by Crippen LogP contribution is 2.32. The molecule has 2 atom stereocenters. The smallest absolute Gasteiger partial charge is 0.274 e. The van der Waals surface area contributed by atoms with E-state index in [1.165, 1.54) is 56.0 Å². The van der Waals surface area contributed by atoms with Crippen molar-refractivity contribution in [1.82, 2.24) is 14.6 Å². The van der Waals surface area contributed by atoms with Crippen molar-refractivity contribution < 1.29 is 18.1 Å². The number of methoxy groups -OCH3 is 1. The number of amides is 1. The Morgan fingerprint density at radius 2 is 2.17 bits per heavy atom. The average Bonchev–Trinajstić information content (AvgIpc) is 2.73. The number of carbonyl (C=O) groups excluding carboxylic acids is 1. The van der Waals surface area contributed by atoms with E-state index in [0.717, 1.165) is 0 Å². The first kappa shape index (κ1) is 21.5. The Hall–Kier alpha value is -3.21. The van der Waals surface area contributed by atoms with Gasteiger partial charge in [0.25, 0.3) is 5.91 Å². The maximum Gasteiger partial charge on any atom is 0.274 e. The van der Waals surface area contributed by atoms with Crippen molar-refractivity contribution in [1.29, 1.82) is 5.41 Å². The van der Waals surface area contributed by atoms with Gasteiger partial charge in [-0.1, -0.05) is 0 Å². The first-order valence-corrected chi connectivity index (χ1v) is 10.6. The van der Waals surface area contributed by atoms with Crippen LogP contribution in [-0.2, 0) is 15.5 Å². The van der Waals surface area contributed by atoms with E-state index in [0.29, 0.717) is 11.4 Å². The van der Waals surface area contributed by atoms with E-state index in [9.17, 15) is 13.4 Å². The van der Waals surface area contributed by atoms with Crippen molar-refractivity contribution in [2.45, 2.75) is 12.5 Å². The Labute approximate surface area is 174 Å². The summed E-state index contributed by atoms with van der Waals surface area (Å²) >= 11 is 0. The second kappa shape index (κ2) is 7.90. The summed E-state index contributed by atoms with van der Waals surface area (Å²) in [5, 5.41) is 13.7. The molecule has 0 aliphatic carbocycles. The van der Waals surface area contributed by atoms with Crippen LogP contribution in [0.1, 0.15) is 23.0 Å². The van der Waals surface area contributed by atoms with Gasteiger partial charge in [0.1, 0.15) is 27.2 Å². The molecule has 1 aliphatic heterocycles. The second-order valence-electron chi connectivity index (χ2n) is 6.97. The SMILES string of the molecule is CN=S1(=O)C[C@@](C)(c2cc(NC(=O)c3ccc(OC)cn3)ccc2F)NC(=N)N1C. The van der Waals surface area contributed by atoms with Crippen molar-refractivity contribution in [2.24, 2.45) is 4.36 Å². The Balaban J connectivity index is 1.92. The van der Waals surface area contributed by atoms with Crippen LogP contribution < -0.4 is 15.4 Å². The predicted octanol–water partition coefficient (Wildman–Crippen LogP) is 2.18. The van der Waals surface area contributed by atoms with Gasteiger partial charge in [-0.15, -0.1) is 0 Å². The first-order valence-electron chi connectivity index (χ1n) is 8.97. The van der Waals surface area contributed by atoms with Crippen molar-refractivity contribution in [3.8, 4) is 5.75 Å². The maximum absolute atomic E-state index is 14.7. The monoisotopic (exact) mass is 434 g/mol. The Kier molecular flexibility index (Phi) is 5.66. The molecule has 0 radical (unpaired) electrons. The molecule has 1 aliphatic rings. The fraction of sp³-hybridized carbons (Fsp3) is 0.316. The number of nitrogens with one attached hydrogen (secondary N) is 3. The fourth-order valence-electron chi connectivity index (χ4n) is 3.18. The molecule has 1 unspecified atom stereocenters. The third-order valence-corrected chi connectivity index (χ3v) is 7.48. The molecule has 0 spiro atoms. The first-order chi connectivity index (χ1) is 14.1. The Morgan fingerprint density at radius 1 is 1.43 bits per heavy atom. The van der Waals surface area contributed by atoms with Crippen LogP contribution in [0.25, 0.3) is 0 Å². The Morgan fingerprint density at radius 3 is 2.77 bits per heavy atom. The van der Waals surface area contributed by atoms with E-state index in [1.807, 2.05) is 0 Å². The molecule has 30 heavy (non-hydrogen) atoms. The summed E-state index contributed by atoms with van der Waals surface area (Å²) in [7, 11) is 1.49. The number of halogens is 1. The van der Waals surface area contributed by atoms with Crippen molar-refractivity contribution in [2.75, 3.05) is 32.3 Å². The summed E-state index contributed by atoms with van der Waals surface area (Å²) in [5.74, 6) is -0.679. The minimum Gasteiger partial charge on any atom is -0.495 e. The summed E-state index contributed by atoms with van der Waals surface area (Å²) < 4.78 is 38.0. The number of hydrogen-bond acceptors (Lipinski definition) is 6. The average molecular weight is 434 g/mol. The van der Waals surface area contributed by atoms with Crippen LogP contribution in [0.2, 0.25) is 0 Å². The third-order valence-electron chi connectivity index (χ3n) is 4.92. The lowest BCUT2D eigenvalue weighted by Gasteiger charge is -2.42. The number of ether oxygens (including phenoxy) is 1. The molecule has 2 aromatic rings. The predicted molar refractivity (Wildman–Crippen MR) is 112 cm³/mol. The molecule has 1 fully saturated rings. The van der Waals surface area contributed by atoms with Gasteiger partial charge in [0.05, 0.1) is 24.6 Å². The lowest BCUT2D eigenvalue weighted by atomic mass is 9.93. The minimum absolute atomic E-state index is 0.0380. The van der Waals surface area contributed by atoms with Crippen LogP contribution in [0.4, 0.5) is 10.1 Å². The number of aromatic nitrogens is 1. The van der Waals surface area contributed by atoms with Gasteiger partial charge >= 0.3 is 0 Å². The largest absolute Gasteiger partial charge is 0.495 e.